The molecule has 0 aliphatic rings. The second-order valence-corrected chi connectivity index (χ2v) is 3.53. The maximum absolute atomic E-state index is 11.2. The van der Waals surface area contributed by atoms with Crippen molar-refractivity contribution >= 4 is 17.3 Å². The van der Waals surface area contributed by atoms with Crippen LogP contribution in [0.2, 0.25) is 0 Å². The highest BCUT2D eigenvalue weighted by Gasteiger charge is 2.03. The van der Waals surface area contributed by atoms with E-state index < -0.39 is 0 Å². The highest BCUT2D eigenvalue weighted by molar-refractivity contribution is 5.56. The first-order chi connectivity index (χ1) is 8.22. The molecule has 0 unspecified atom stereocenters. The number of H-pyrrole nitrogens is 1. The van der Waals surface area contributed by atoms with Crippen LogP contribution in [0.15, 0.2) is 29.5 Å². The zero-order chi connectivity index (χ0) is 11.8. The molecule has 0 saturated carbocycles. The molecule has 8 heteroatoms. The van der Waals surface area contributed by atoms with E-state index in [-0.39, 0.29) is 5.69 Å². The third-order valence-corrected chi connectivity index (χ3v) is 2.28. The fourth-order valence-electron chi connectivity index (χ4n) is 1.49. The predicted molar refractivity (Wildman–Crippen MR) is 60.1 cm³/mol. The van der Waals surface area contributed by atoms with Crippen molar-refractivity contribution in [1.29, 1.82) is 0 Å². The zero-order valence-electron chi connectivity index (χ0n) is 8.95. The molecule has 17 heavy (non-hydrogen) atoms. The van der Waals surface area contributed by atoms with Gasteiger partial charge in [0.2, 0.25) is 0 Å². The van der Waals surface area contributed by atoms with Crippen molar-refractivity contribution in [2.24, 2.45) is 7.05 Å². The van der Waals surface area contributed by atoms with Crippen LogP contribution < -0.4 is 11.0 Å². The summed E-state index contributed by atoms with van der Waals surface area (Å²) < 4.78 is 3.00. The molecule has 3 heterocycles. The Labute approximate surface area is 94.9 Å². The lowest BCUT2D eigenvalue weighted by Gasteiger charge is -2.00. The number of rotatable bonds is 2. The van der Waals surface area contributed by atoms with E-state index in [9.17, 15) is 4.79 Å². The Hall–Kier alpha value is -2.64. The highest BCUT2D eigenvalue weighted by atomic mass is 16.1. The number of aryl methyl sites for hydroxylation is 1. The van der Waals surface area contributed by atoms with E-state index in [2.05, 4.69) is 25.6 Å². The normalized spacial score (nSPS) is 10.9. The number of nitrogens with zero attached hydrogens (tertiary/aromatic N) is 5. The molecule has 3 aromatic rings. The minimum atomic E-state index is -0.308. The van der Waals surface area contributed by atoms with Gasteiger partial charge in [-0.2, -0.15) is 10.2 Å². The van der Waals surface area contributed by atoms with Crippen LogP contribution in [0, 0.1) is 0 Å². The molecule has 0 saturated heterocycles. The quantitative estimate of drug-likeness (QED) is 0.642. The molecule has 0 aliphatic heterocycles. The highest BCUT2D eigenvalue weighted by Crippen LogP contribution is 2.11. The summed E-state index contributed by atoms with van der Waals surface area (Å²) in [4.78, 5) is 15.3. The SMILES string of the molecule is Cn1ccc(Nc2cc3n[nH]c(=O)n3cn2)n1. The molecule has 0 bridgehead atoms. The lowest BCUT2D eigenvalue weighted by molar-refractivity contribution is 0.771. The van der Waals surface area contributed by atoms with E-state index in [4.69, 9.17) is 0 Å². The minimum absolute atomic E-state index is 0.308. The van der Waals surface area contributed by atoms with Crippen molar-refractivity contribution in [2.45, 2.75) is 0 Å². The summed E-state index contributed by atoms with van der Waals surface area (Å²) in [7, 11) is 1.83. The third kappa shape index (κ3) is 1.65. The van der Waals surface area contributed by atoms with Gasteiger partial charge in [0, 0.05) is 25.4 Å². The molecule has 0 aliphatic carbocycles. The van der Waals surface area contributed by atoms with E-state index in [1.54, 1.807) is 10.7 Å². The topological polar surface area (TPSA) is 92.9 Å². The van der Waals surface area contributed by atoms with Crippen LogP contribution in [0.3, 0.4) is 0 Å². The molecular weight excluding hydrogens is 222 g/mol. The van der Waals surface area contributed by atoms with Gasteiger partial charge in [0.15, 0.2) is 11.5 Å². The van der Waals surface area contributed by atoms with Crippen LogP contribution in [-0.2, 0) is 7.05 Å². The van der Waals surface area contributed by atoms with Crippen LogP contribution >= 0.6 is 0 Å². The van der Waals surface area contributed by atoms with Gasteiger partial charge in [0.05, 0.1) is 0 Å². The number of nitrogens with one attached hydrogen (secondary N) is 2. The van der Waals surface area contributed by atoms with Gasteiger partial charge in [-0.15, -0.1) is 0 Å². The lowest BCUT2D eigenvalue weighted by Crippen LogP contribution is -2.09. The molecule has 0 fully saturated rings. The molecule has 0 amide bonds. The molecule has 3 rings (SSSR count). The molecule has 3 aromatic heterocycles. The van der Waals surface area contributed by atoms with Crippen LogP contribution in [0.5, 0.6) is 0 Å². The molecule has 0 radical (unpaired) electrons. The van der Waals surface area contributed by atoms with E-state index in [1.807, 2.05) is 19.3 Å². The number of hydrogen-bond acceptors (Lipinski definition) is 5. The Morgan fingerprint density at radius 1 is 1.41 bits per heavy atom. The fourth-order valence-corrected chi connectivity index (χ4v) is 1.49. The average molecular weight is 231 g/mol. The molecular formula is C9H9N7O. The summed E-state index contributed by atoms with van der Waals surface area (Å²) in [5.74, 6) is 1.26. The first-order valence-corrected chi connectivity index (χ1v) is 4.92. The summed E-state index contributed by atoms with van der Waals surface area (Å²) in [6.45, 7) is 0. The average Bonchev–Trinajstić information content (AvgIpc) is 2.87. The Kier molecular flexibility index (Phi) is 1.94. The van der Waals surface area contributed by atoms with E-state index in [1.165, 1.54) is 10.7 Å². The zero-order valence-corrected chi connectivity index (χ0v) is 8.95. The van der Waals surface area contributed by atoms with Crippen LogP contribution in [0.25, 0.3) is 5.65 Å². The number of fused-ring (bicyclic) bond motifs is 1. The van der Waals surface area contributed by atoms with E-state index in [0.717, 1.165) is 0 Å². The molecule has 0 spiro atoms. The summed E-state index contributed by atoms with van der Waals surface area (Å²) in [6, 6.07) is 3.48. The summed E-state index contributed by atoms with van der Waals surface area (Å²) in [5, 5.41) is 13.4. The van der Waals surface area contributed by atoms with Crippen molar-refractivity contribution in [3.8, 4) is 0 Å². The first-order valence-electron chi connectivity index (χ1n) is 4.92. The smallest absolute Gasteiger partial charge is 0.323 e. The fraction of sp³-hybridized carbons (Fsp3) is 0.111. The third-order valence-electron chi connectivity index (χ3n) is 2.28. The van der Waals surface area contributed by atoms with Gasteiger partial charge < -0.3 is 5.32 Å². The van der Waals surface area contributed by atoms with Gasteiger partial charge in [-0.25, -0.2) is 19.3 Å². The second-order valence-electron chi connectivity index (χ2n) is 3.53. The van der Waals surface area contributed by atoms with Gasteiger partial charge in [-0.05, 0) is 0 Å². The van der Waals surface area contributed by atoms with Crippen LogP contribution in [-0.4, -0.2) is 29.4 Å². The Balaban J connectivity index is 1.98. The van der Waals surface area contributed by atoms with Crippen LogP contribution in [0.4, 0.5) is 11.6 Å². The molecule has 86 valence electrons. The molecule has 0 atom stereocenters. The molecule has 2 N–H and O–H groups in total. The van der Waals surface area contributed by atoms with Gasteiger partial charge in [-0.1, -0.05) is 0 Å². The van der Waals surface area contributed by atoms with Crippen molar-refractivity contribution < 1.29 is 0 Å². The van der Waals surface area contributed by atoms with Crippen molar-refractivity contribution in [3.63, 3.8) is 0 Å². The van der Waals surface area contributed by atoms with E-state index in [0.29, 0.717) is 17.3 Å². The summed E-state index contributed by atoms with van der Waals surface area (Å²) in [6.07, 6.45) is 3.23. The molecule has 8 nitrogen and oxygen atoms in total. The Bertz CT molecular complexity index is 722. The summed E-state index contributed by atoms with van der Waals surface area (Å²) in [5.41, 5.74) is 0.195. The molecule has 0 aromatic carbocycles. The van der Waals surface area contributed by atoms with Crippen molar-refractivity contribution in [2.75, 3.05) is 5.32 Å². The maximum atomic E-state index is 11.2. The minimum Gasteiger partial charge on any atom is -0.323 e. The number of anilines is 2. The Morgan fingerprint density at radius 2 is 2.29 bits per heavy atom. The number of aromatic amines is 1. The maximum Gasteiger partial charge on any atom is 0.348 e. The van der Waals surface area contributed by atoms with Gasteiger partial charge in [0.25, 0.3) is 0 Å². The van der Waals surface area contributed by atoms with Gasteiger partial charge >= 0.3 is 5.69 Å². The van der Waals surface area contributed by atoms with Gasteiger partial charge in [0.1, 0.15) is 12.1 Å². The number of aromatic nitrogens is 6. The first kappa shape index (κ1) is 9.58. The van der Waals surface area contributed by atoms with E-state index >= 15 is 0 Å². The standard InChI is InChI=1S/C9H9N7O/c1-15-3-2-6(14-15)11-7-4-8-12-13-9(17)16(8)5-10-7/h2-5H,1H3,(H,11,14)(H,13,17). The number of hydrogen-bond donors (Lipinski definition) is 2. The Morgan fingerprint density at radius 3 is 3.06 bits per heavy atom. The van der Waals surface area contributed by atoms with Crippen molar-refractivity contribution in [3.05, 3.63) is 35.1 Å². The predicted octanol–water partition coefficient (Wildman–Crippen LogP) is -0.105. The summed E-state index contributed by atoms with van der Waals surface area (Å²) >= 11 is 0. The monoisotopic (exact) mass is 231 g/mol. The lowest BCUT2D eigenvalue weighted by atomic mass is 10.5. The van der Waals surface area contributed by atoms with Crippen molar-refractivity contribution in [1.82, 2.24) is 29.4 Å². The van der Waals surface area contributed by atoms with Crippen LogP contribution in [0.1, 0.15) is 0 Å². The second kappa shape index (κ2) is 3.44. The van der Waals surface area contributed by atoms with Gasteiger partial charge in [-0.3, -0.25) is 4.68 Å². The largest absolute Gasteiger partial charge is 0.348 e.